The predicted octanol–water partition coefficient (Wildman–Crippen LogP) is 1.76. The molecule has 1 rings (SSSR count). The molecule has 2 N–H and O–H groups in total. The van der Waals surface area contributed by atoms with Crippen LogP contribution in [0.5, 0.6) is 0 Å². The summed E-state index contributed by atoms with van der Waals surface area (Å²) in [6.07, 6.45) is 1.73. The van der Waals surface area contributed by atoms with E-state index in [-0.39, 0.29) is 5.54 Å². The summed E-state index contributed by atoms with van der Waals surface area (Å²) < 4.78 is 5.24. The van der Waals surface area contributed by atoms with Crippen LogP contribution in [0.1, 0.15) is 25.2 Å². The molecule has 3 heteroatoms. The summed E-state index contributed by atoms with van der Waals surface area (Å²) in [5.74, 6) is 0.992. The lowest BCUT2D eigenvalue weighted by atomic mass is 10.1. The fraction of sp³-hybridized carbons (Fsp3) is 0.636. The maximum atomic E-state index is 5.94. The fourth-order valence-electron chi connectivity index (χ4n) is 1.62. The number of likely N-dealkylation sites (N-methyl/N-ethyl adjacent to an activating group) is 1. The van der Waals surface area contributed by atoms with Crippen molar-refractivity contribution in [3.8, 4) is 0 Å². The molecule has 0 atom stereocenters. The van der Waals surface area contributed by atoms with Crippen molar-refractivity contribution < 1.29 is 4.42 Å². The number of rotatable bonds is 4. The number of nitrogens with two attached hydrogens (primary N) is 1. The summed E-state index contributed by atoms with van der Waals surface area (Å²) in [6, 6.07) is 2.01. The Morgan fingerprint density at radius 1 is 1.50 bits per heavy atom. The van der Waals surface area contributed by atoms with Gasteiger partial charge in [0.25, 0.3) is 0 Å². The van der Waals surface area contributed by atoms with Gasteiger partial charge in [0.1, 0.15) is 5.76 Å². The molecule has 3 nitrogen and oxygen atoms in total. The van der Waals surface area contributed by atoms with Crippen molar-refractivity contribution in [3.63, 3.8) is 0 Å². The van der Waals surface area contributed by atoms with Crippen LogP contribution in [0.4, 0.5) is 0 Å². The summed E-state index contributed by atoms with van der Waals surface area (Å²) in [5.41, 5.74) is 7.02. The van der Waals surface area contributed by atoms with Crippen LogP contribution in [0.2, 0.25) is 0 Å². The third kappa shape index (κ3) is 3.52. The van der Waals surface area contributed by atoms with Crippen LogP contribution in [0, 0.1) is 6.92 Å². The first-order chi connectivity index (χ1) is 6.38. The van der Waals surface area contributed by atoms with Crippen molar-refractivity contribution >= 4 is 0 Å². The Hall–Kier alpha value is -0.800. The molecule has 1 aromatic rings. The van der Waals surface area contributed by atoms with Crippen LogP contribution in [0.25, 0.3) is 0 Å². The second kappa shape index (κ2) is 4.15. The predicted molar refractivity (Wildman–Crippen MR) is 58.0 cm³/mol. The number of aryl methyl sites for hydroxylation is 1. The molecule has 0 unspecified atom stereocenters. The maximum absolute atomic E-state index is 5.94. The molecule has 0 bridgehead atoms. The zero-order chi connectivity index (χ0) is 10.8. The SMILES string of the molecule is Cc1occc1CN(C)CC(C)(C)N. The van der Waals surface area contributed by atoms with E-state index in [0.717, 1.165) is 18.8 Å². The van der Waals surface area contributed by atoms with Gasteiger partial charge in [-0.2, -0.15) is 0 Å². The van der Waals surface area contributed by atoms with E-state index in [1.807, 2.05) is 26.8 Å². The fourth-order valence-corrected chi connectivity index (χ4v) is 1.62. The van der Waals surface area contributed by atoms with Gasteiger partial charge in [-0.3, -0.25) is 0 Å². The molecule has 0 radical (unpaired) electrons. The molecule has 0 aliphatic heterocycles. The van der Waals surface area contributed by atoms with Gasteiger partial charge in [0.15, 0.2) is 0 Å². The number of hydrogen-bond acceptors (Lipinski definition) is 3. The van der Waals surface area contributed by atoms with Gasteiger partial charge in [-0.05, 0) is 33.9 Å². The van der Waals surface area contributed by atoms with Crippen molar-refractivity contribution in [2.75, 3.05) is 13.6 Å². The highest BCUT2D eigenvalue weighted by atomic mass is 16.3. The molecule has 1 heterocycles. The van der Waals surface area contributed by atoms with Crippen LogP contribution in [0.3, 0.4) is 0 Å². The van der Waals surface area contributed by atoms with Crippen LogP contribution in [0.15, 0.2) is 16.7 Å². The van der Waals surface area contributed by atoms with E-state index < -0.39 is 0 Å². The van der Waals surface area contributed by atoms with Crippen LogP contribution < -0.4 is 5.73 Å². The summed E-state index contributed by atoms with van der Waals surface area (Å²) in [6.45, 7) is 7.81. The second-order valence-electron chi connectivity index (χ2n) is 4.66. The van der Waals surface area contributed by atoms with E-state index in [1.165, 1.54) is 5.56 Å². The highest BCUT2D eigenvalue weighted by Crippen LogP contribution is 2.12. The number of nitrogens with zero attached hydrogens (tertiary/aromatic N) is 1. The van der Waals surface area contributed by atoms with E-state index >= 15 is 0 Å². The van der Waals surface area contributed by atoms with Gasteiger partial charge in [0.2, 0.25) is 0 Å². The molecule has 0 spiro atoms. The largest absolute Gasteiger partial charge is 0.469 e. The summed E-state index contributed by atoms with van der Waals surface area (Å²) >= 11 is 0. The molecular weight excluding hydrogens is 176 g/mol. The summed E-state index contributed by atoms with van der Waals surface area (Å²) in [4.78, 5) is 2.21. The van der Waals surface area contributed by atoms with Gasteiger partial charge in [0, 0.05) is 24.2 Å². The first kappa shape index (κ1) is 11.3. The Morgan fingerprint density at radius 3 is 2.57 bits per heavy atom. The molecule has 0 aromatic carbocycles. The topological polar surface area (TPSA) is 42.4 Å². The molecule has 80 valence electrons. The smallest absolute Gasteiger partial charge is 0.105 e. The summed E-state index contributed by atoms with van der Waals surface area (Å²) in [7, 11) is 2.07. The maximum Gasteiger partial charge on any atom is 0.105 e. The van der Waals surface area contributed by atoms with Gasteiger partial charge in [-0.25, -0.2) is 0 Å². The lowest BCUT2D eigenvalue weighted by Crippen LogP contribution is -2.43. The van der Waals surface area contributed by atoms with Gasteiger partial charge in [0.05, 0.1) is 6.26 Å². The van der Waals surface area contributed by atoms with Gasteiger partial charge in [-0.1, -0.05) is 0 Å². The van der Waals surface area contributed by atoms with E-state index in [4.69, 9.17) is 10.2 Å². The van der Waals surface area contributed by atoms with E-state index in [2.05, 4.69) is 11.9 Å². The molecule has 1 aromatic heterocycles. The minimum absolute atomic E-state index is 0.146. The van der Waals surface area contributed by atoms with Crippen molar-refractivity contribution in [2.45, 2.75) is 32.9 Å². The molecule has 0 aliphatic carbocycles. The normalized spacial score (nSPS) is 12.4. The van der Waals surface area contributed by atoms with E-state index in [0.29, 0.717) is 0 Å². The van der Waals surface area contributed by atoms with E-state index in [9.17, 15) is 0 Å². The monoisotopic (exact) mass is 196 g/mol. The van der Waals surface area contributed by atoms with Crippen LogP contribution in [-0.2, 0) is 6.54 Å². The standard InChI is InChI=1S/C11H20N2O/c1-9-10(5-6-14-9)7-13(4)8-11(2,3)12/h5-6H,7-8,12H2,1-4H3. The van der Waals surface area contributed by atoms with Gasteiger partial charge >= 0.3 is 0 Å². The highest BCUT2D eigenvalue weighted by Gasteiger charge is 2.14. The number of furan rings is 1. The van der Waals surface area contributed by atoms with Crippen molar-refractivity contribution in [1.82, 2.24) is 4.90 Å². The molecule has 14 heavy (non-hydrogen) atoms. The molecule has 0 aliphatic rings. The third-order valence-corrected chi connectivity index (χ3v) is 2.08. The van der Waals surface area contributed by atoms with Crippen molar-refractivity contribution in [1.29, 1.82) is 0 Å². The number of hydrogen-bond donors (Lipinski definition) is 1. The van der Waals surface area contributed by atoms with Gasteiger partial charge in [-0.15, -0.1) is 0 Å². The summed E-state index contributed by atoms with van der Waals surface area (Å²) in [5, 5.41) is 0. The first-order valence-corrected chi connectivity index (χ1v) is 4.89. The zero-order valence-corrected chi connectivity index (χ0v) is 9.50. The lowest BCUT2D eigenvalue weighted by Gasteiger charge is -2.26. The minimum Gasteiger partial charge on any atom is -0.469 e. The molecular formula is C11H20N2O. The average Bonchev–Trinajstić information content (AvgIpc) is 2.32. The Balaban J connectivity index is 2.50. The zero-order valence-electron chi connectivity index (χ0n) is 9.50. The first-order valence-electron chi connectivity index (χ1n) is 4.89. The van der Waals surface area contributed by atoms with Crippen molar-refractivity contribution in [3.05, 3.63) is 23.7 Å². The third-order valence-electron chi connectivity index (χ3n) is 2.08. The Bertz CT molecular complexity index is 286. The van der Waals surface area contributed by atoms with Gasteiger partial charge < -0.3 is 15.1 Å². The van der Waals surface area contributed by atoms with Crippen molar-refractivity contribution in [2.24, 2.45) is 5.73 Å². The second-order valence-corrected chi connectivity index (χ2v) is 4.66. The highest BCUT2D eigenvalue weighted by molar-refractivity contribution is 5.15. The molecule has 0 amide bonds. The van der Waals surface area contributed by atoms with Crippen LogP contribution in [-0.4, -0.2) is 24.0 Å². The van der Waals surface area contributed by atoms with E-state index in [1.54, 1.807) is 6.26 Å². The molecule has 0 saturated heterocycles. The molecule has 0 saturated carbocycles. The Morgan fingerprint density at radius 2 is 2.14 bits per heavy atom. The minimum atomic E-state index is -0.146. The lowest BCUT2D eigenvalue weighted by molar-refractivity contribution is 0.262. The quantitative estimate of drug-likeness (QED) is 0.798. The Kier molecular flexibility index (Phi) is 3.34. The van der Waals surface area contributed by atoms with Crippen LogP contribution >= 0.6 is 0 Å². The molecule has 0 fully saturated rings. The average molecular weight is 196 g/mol. The Labute approximate surface area is 85.9 Å².